The lowest BCUT2D eigenvalue weighted by atomic mass is 10.2. The Labute approximate surface area is 142 Å². The Morgan fingerprint density at radius 1 is 1.35 bits per heavy atom. The number of imide groups is 1. The highest BCUT2D eigenvalue weighted by atomic mass is 35.5. The van der Waals surface area contributed by atoms with E-state index in [0.29, 0.717) is 23.9 Å². The minimum Gasteiger partial charge on any atom is -0.496 e. The van der Waals surface area contributed by atoms with E-state index in [2.05, 4.69) is 10.6 Å². The third kappa shape index (κ3) is 7.34. The number of carbonyl (C=O) groups excluding carboxylic acids is 2. The van der Waals surface area contributed by atoms with Gasteiger partial charge in [0.25, 0.3) is 0 Å². The molecule has 1 rings (SSSR count). The molecule has 0 spiro atoms. The standard InChI is InChI=1S/C16H24ClN3O3/c1-4-5-8-18-16(22)19-15(21)11-20(2)10-12-9-13(17)6-7-14(12)23-3/h6-7,9H,4-5,8,10-11H2,1-3H3,(H2,18,19,21,22). The lowest BCUT2D eigenvalue weighted by Gasteiger charge is -2.18. The van der Waals surface area contributed by atoms with E-state index in [4.69, 9.17) is 16.3 Å². The third-order valence-electron chi connectivity index (χ3n) is 3.17. The fraction of sp³-hybridized carbons (Fsp3) is 0.500. The van der Waals surface area contributed by atoms with Crippen molar-refractivity contribution in [3.8, 4) is 5.75 Å². The number of ether oxygens (including phenoxy) is 1. The molecule has 1 aromatic rings. The summed E-state index contributed by atoms with van der Waals surface area (Å²) >= 11 is 5.99. The summed E-state index contributed by atoms with van der Waals surface area (Å²) in [7, 11) is 3.37. The van der Waals surface area contributed by atoms with Gasteiger partial charge in [-0.1, -0.05) is 24.9 Å². The quantitative estimate of drug-likeness (QED) is 0.712. The normalized spacial score (nSPS) is 10.5. The van der Waals surface area contributed by atoms with Crippen molar-refractivity contribution in [2.24, 2.45) is 0 Å². The zero-order valence-electron chi connectivity index (χ0n) is 13.8. The first-order chi connectivity index (χ1) is 11.0. The van der Waals surface area contributed by atoms with E-state index in [1.54, 1.807) is 37.3 Å². The van der Waals surface area contributed by atoms with Crippen LogP contribution < -0.4 is 15.4 Å². The van der Waals surface area contributed by atoms with Gasteiger partial charge in [-0.2, -0.15) is 0 Å². The van der Waals surface area contributed by atoms with Gasteiger partial charge >= 0.3 is 6.03 Å². The van der Waals surface area contributed by atoms with Gasteiger partial charge in [0.05, 0.1) is 13.7 Å². The number of carbonyl (C=O) groups is 2. The van der Waals surface area contributed by atoms with Crippen molar-refractivity contribution in [3.05, 3.63) is 28.8 Å². The summed E-state index contributed by atoms with van der Waals surface area (Å²) in [5, 5.41) is 5.55. The summed E-state index contributed by atoms with van der Waals surface area (Å²) in [5.41, 5.74) is 0.877. The average Bonchev–Trinajstić information content (AvgIpc) is 2.47. The largest absolute Gasteiger partial charge is 0.496 e. The smallest absolute Gasteiger partial charge is 0.321 e. The number of nitrogens with zero attached hydrogens (tertiary/aromatic N) is 1. The van der Waals surface area contributed by atoms with Crippen molar-refractivity contribution >= 4 is 23.5 Å². The van der Waals surface area contributed by atoms with E-state index in [9.17, 15) is 9.59 Å². The first-order valence-electron chi connectivity index (χ1n) is 7.55. The van der Waals surface area contributed by atoms with Gasteiger partial charge in [0.2, 0.25) is 5.91 Å². The maximum atomic E-state index is 11.8. The van der Waals surface area contributed by atoms with Gasteiger partial charge in [0.15, 0.2) is 0 Å². The molecule has 6 nitrogen and oxygen atoms in total. The Morgan fingerprint density at radius 3 is 2.74 bits per heavy atom. The van der Waals surface area contributed by atoms with Gasteiger partial charge in [-0.25, -0.2) is 4.79 Å². The number of benzene rings is 1. The molecule has 1 aromatic carbocycles. The van der Waals surface area contributed by atoms with Crippen molar-refractivity contribution in [2.75, 3.05) is 27.2 Å². The fourth-order valence-corrected chi connectivity index (χ4v) is 2.25. The van der Waals surface area contributed by atoms with Crippen molar-refractivity contribution in [3.63, 3.8) is 0 Å². The van der Waals surface area contributed by atoms with Gasteiger partial charge in [0.1, 0.15) is 5.75 Å². The molecule has 0 heterocycles. The number of methoxy groups -OCH3 is 1. The van der Waals surface area contributed by atoms with E-state index in [1.807, 2.05) is 6.92 Å². The molecule has 0 aliphatic heterocycles. The highest BCUT2D eigenvalue weighted by Crippen LogP contribution is 2.23. The van der Waals surface area contributed by atoms with Crippen LogP contribution in [0, 0.1) is 0 Å². The second-order valence-corrected chi connectivity index (χ2v) is 5.72. The summed E-state index contributed by atoms with van der Waals surface area (Å²) in [6.07, 6.45) is 1.87. The molecule has 0 aliphatic carbocycles. The number of hydrogen-bond donors (Lipinski definition) is 2. The molecule has 0 atom stereocenters. The van der Waals surface area contributed by atoms with E-state index in [1.165, 1.54) is 0 Å². The molecular formula is C16H24ClN3O3. The Hall–Kier alpha value is -1.79. The second-order valence-electron chi connectivity index (χ2n) is 5.29. The molecule has 0 saturated carbocycles. The SMILES string of the molecule is CCCCNC(=O)NC(=O)CN(C)Cc1cc(Cl)ccc1OC. The van der Waals surface area contributed by atoms with E-state index < -0.39 is 6.03 Å². The van der Waals surface area contributed by atoms with Gasteiger partial charge in [-0.15, -0.1) is 0 Å². The van der Waals surface area contributed by atoms with E-state index in [-0.39, 0.29) is 12.5 Å². The molecule has 0 aliphatic rings. The van der Waals surface area contributed by atoms with Crippen molar-refractivity contribution < 1.29 is 14.3 Å². The summed E-state index contributed by atoms with van der Waals surface area (Å²) in [6, 6.07) is 4.87. The summed E-state index contributed by atoms with van der Waals surface area (Å²) in [4.78, 5) is 25.1. The molecule has 7 heteroatoms. The van der Waals surface area contributed by atoms with Crippen LogP contribution in [0.3, 0.4) is 0 Å². The molecule has 0 bridgehead atoms. The molecule has 0 radical (unpaired) electrons. The topological polar surface area (TPSA) is 70.7 Å². The molecule has 0 unspecified atom stereocenters. The van der Waals surface area contributed by atoms with Crippen molar-refractivity contribution in [2.45, 2.75) is 26.3 Å². The lowest BCUT2D eigenvalue weighted by Crippen LogP contribution is -2.43. The maximum absolute atomic E-state index is 11.8. The Balaban J connectivity index is 2.47. The highest BCUT2D eigenvalue weighted by molar-refractivity contribution is 6.30. The van der Waals surface area contributed by atoms with Gasteiger partial charge in [-0.05, 0) is 31.7 Å². The number of nitrogens with one attached hydrogen (secondary N) is 2. The maximum Gasteiger partial charge on any atom is 0.321 e. The van der Waals surface area contributed by atoms with Crippen LogP contribution in [0.25, 0.3) is 0 Å². The predicted molar refractivity (Wildman–Crippen MR) is 90.8 cm³/mol. The van der Waals surface area contributed by atoms with Crippen LogP contribution in [0.4, 0.5) is 4.79 Å². The lowest BCUT2D eigenvalue weighted by molar-refractivity contribution is -0.120. The Bertz CT molecular complexity index is 537. The van der Waals surface area contributed by atoms with Crippen LogP contribution in [0.1, 0.15) is 25.3 Å². The molecule has 3 amide bonds. The van der Waals surface area contributed by atoms with Crippen LogP contribution in [-0.2, 0) is 11.3 Å². The van der Waals surface area contributed by atoms with Gasteiger partial charge in [-0.3, -0.25) is 15.0 Å². The van der Waals surface area contributed by atoms with Crippen LogP contribution in [-0.4, -0.2) is 44.1 Å². The zero-order valence-corrected chi connectivity index (χ0v) is 14.6. The molecular weight excluding hydrogens is 318 g/mol. The third-order valence-corrected chi connectivity index (χ3v) is 3.40. The van der Waals surface area contributed by atoms with Crippen LogP contribution in [0.5, 0.6) is 5.75 Å². The highest BCUT2D eigenvalue weighted by Gasteiger charge is 2.12. The number of rotatable bonds is 8. The summed E-state index contributed by atoms with van der Waals surface area (Å²) < 4.78 is 5.28. The number of unbranched alkanes of at least 4 members (excludes halogenated alkanes) is 1. The van der Waals surface area contributed by atoms with Gasteiger partial charge < -0.3 is 10.1 Å². The first kappa shape index (κ1) is 19.3. The molecule has 2 N–H and O–H groups in total. The number of urea groups is 1. The Kier molecular flexibility index (Phi) is 8.43. The monoisotopic (exact) mass is 341 g/mol. The summed E-state index contributed by atoms with van der Waals surface area (Å²) in [5.74, 6) is 0.349. The van der Waals surface area contributed by atoms with E-state index in [0.717, 1.165) is 18.4 Å². The fourth-order valence-electron chi connectivity index (χ4n) is 2.05. The first-order valence-corrected chi connectivity index (χ1v) is 7.92. The average molecular weight is 342 g/mol. The minimum atomic E-state index is -0.461. The van der Waals surface area contributed by atoms with Crippen LogP contribution in [0.2, 0.25) is 5.02 Å². The molecule has 0 fully saturated rings. The number of amides is 3. The van der Waals surface area contributed by atoms with Crippen LogP contribution >= 0.6 is 11.6 Å². The number of halogens is 1. The number of hydrogen-bond acceptors (Lipinski definition) is 4. The second kappa shape index (κ2) is 10.1. The zero-order chi connectivity index (χ0) is 17.2. The molecule has 128 valence electrons. The van der Waals surface area contributed by atoms with Crippen LogP contribution in [0.15, 0.2) is 18.2 Å². The minimum absolute atomic E-state index is 0.0941. The van der Waals surface area contributed by atoms with Crippen molar-refractivity contribution in [1.29, 1.82) is 0 Å². The van der Waals surface area contributed by atoms with Gasteiger partial charge in [0, 0.05) is 23.7 Å². The molecule has 0 aromatic heterocycles. The van der Waals surface area contributed by atoms with Crippen molar-refractivity contribution in [1.82, 2.24) is 15.5 Å². The predicted octanol–water partition coefficient (Wildman–Crippen LogP) is 2.41. The summed E-state index contributed by atoms with van der Waals surface area (Å²) in [6.45, 7) is 3.17. The Morgan fingerprint density at radius 2 is 2.09 bits per heavy atom. The van der Waals surface area contributed by atoms with E-state index >= 15 is 0 Å². The molecule has 23 heavy (non-hydrogen) atoms. The number of likely N-dealkylation sites (N-methyl/N-ethyl adjacent to an activating group) is 1. The molecule has 0 saturated heterocycles.